The van der Waals surface area contributed by atoms with Crippen LogP contribution in [0.5, 0.6) is 0 Å². The molecule has 0 spiro atoms. The molecular weight excluding hydrogens is 152 g/mol. The van der Waals surface area contributed by atoms with Gasteiger partial charge in [0.2, 0.25) is 0 Å². The first-order chi connectivity index (χ1) is 5.53. The van der Waals surface area contributed by atoms with Crippen molar-refractivity contribution in [1.29, 1.82) is 0 Å². The average Bonchev–Trinajstić information content (AvgIpc) is 2.71. The largest absolute Gasteiger partial charge is 0.388 e. The van der Waals surface area contributed by atoms with Crippen molar-refractivity contribution in [1.82, 2.24) is 0 Å². The summed E-state index contributed by atoms with van der Waals surface area (Å²) in [6, 6.07) is 0. The summed E-state index contributed by atoms with van der Waals surface area (Å²) < 4.78 is 5.62. The van der Waals surface area contributed by atoms with Crippen LogP contribution in [-0.4, -0.2) is 23.4 Å². The lowest BCUT2D eigenvalue weighted by atomic mass is 9.93. The Hall–Kier alpha value is -0.340. The minimum Gasteiger partial charge on any atom is -0.388 e. The topological polar surface area (TPSA) is 29.5 Å². The number of aliphatic hydroxyl groups is 1. The van der Waals surface area contributed by atoms with Crippen LogP contribution in [0.4, 0.5) is 0 Å². The molecule has 0 aromatic heterocycles. The van der Waals surface area contributed by atoms with Gasteiger partial charge in [-0.3, -0.25) is 0 Å². The van der Waals surface area contributed by atoms with Gasteiger partial charge in [-0.2, -0.15) is 0 Å². The van der Waals surface area contributed by atoms with Crippen LogP contribution in [-0.2, 0) is 4.74 Å². The second kappa shape index (κ2) is 2.12. The van der Waals surface area contributed by atoms with E-state index in [1.54, 1.807) is 6.08 Å². The highest BCUT2D eigenvalue weighted by Gasteiger charge is 2.68. The molecule has 1 aliphatic carbocycles. The van der Waals surface area contributed by atoms with Crippen LogP contribution < -0.4 is 0 Å². The van der Waals surface area contributed by atoms with Gasteiger partial charge in [0.05, 0.1) is 18.3 Å². The standard InChI is InChI=1S/C10H16O2/c1-4-8(11)10-5-7(10)9(2,3)12-6-10/h4,7-8,11H,1,5-6H2,2-3H3. The summed E-state index contributed by atoms with van der Waals surface area (Å²) in [4.78, 5) is 0. The molecule has 1 saturated heterocycles. The molecule has 1 aliphatic heterocycles. The van der Waals surface area contributed by atoms with Gasteiger partial charge in [-0.1, -0.05) is 6.08 Å². The van der Waals surface area contributed by atoms with E-state index < -0.39 is 0 Å². The lowest BCUT2D eigenvalue weighted by Gasteiger charge is -2.18. The molecule has 3 atom stereocenters. The molecule has 12 heavy (non-hydrogen) atoms. The van der Waals surface area contributed by atoms with Crippen LogP contribution in [0.1, 0.15) is 20.3 Å². The van der Waals surface area contributed by atoms with Crippen molar-refractivity contribution >= 4 is 0 Å². The zero-order valence-corrected chi connectivity index (χ0v) is 7.71. The Morgan fingerprint density at radius 3 is 2.67 bits per heavy atom. The normalized spacial score (nSPS) is 45.1. The summed E-state index contributed by atoms with van der Waals surface area (Å²) in [7, 11) is 0. The first kappa shape index (κ1) is 8.27. The molecule has 1 saturated carbocycles. The Kier molecular flexibility index (Phi) is 1.46. The van der Waals surface area contributed by atoms with E-state index in [0.717, 1.165) is 6.42 Å². The maximum absolute atomic E-state index is 9.69. The van der Waals surface area contributed by atoms with Crippen molar-refractivity contribution < 1.29 is 9.84 Å². The predicted octanol–water partition coefficient (Wildman–Crippen LogP) is 1.35. The molecule has 2 rings (SSSR count). The van der Waals surface area contributed by atoms with E-state index in [1.807, 2.05) is 0 Å². The second-order valence-corrected chi connectivity index (χ2v) is 4.56. The van der Waals surface area contributed by atoms with Crippen molar-refractivity contribution in [3.8, 4) is 0 Å². The van der Waals surface area contributed by atoms with Crippen LogP contribution in [0.15, 0.2) is 12.7 Å². The van der Waals surface area contributed by atoms with E-state index in [9.17, 15) is 5.11 Å². The van der Waals surface area contributed by atoms with E-state index in [-0.39, 0.29) is 17.1 Å². The van der Waals surface area contributed by atoms with Crippen molar-refractivity contribution in [2.45, 2.75) is 32.0 Å². The fraction of sp³-hybridized carbons (Fsp3) is 0.800. The smallest absolute Gasteiger partial charge is 0.0800 e. The van der Waals surface area contributed by atoms with E-state index in [4.69, 9.17) is 4.74 Å². The average molecular weight is 168 g/mol. The number of hydrogen-bond donors (Lipinski definition) is 1. The highest BCUT2D eigenvalue weighted by Crippen LogP contribution is 2.65. The summed E-state index contributed by atoms with van der Waals surface area (Å²) in [5, 5.41) is 9.69. The molecule has 2 fully saturated rings. The van der Waals surface area contributed by atoms with Gasteiger partial charge in [-0.25, -0.2) is 0 Å². The van der Waals surface area contributed by atoms with Crippen LogP contribution in [0.25, 0.3) is 0 Å². The van der Waals surface area contributed by atoms with Crippen molar-refractivity contribution in [2.24, 2.45) is 11.3 Å². The molecule has 0 radical (unpaired) electrons. The number of hydrogen-bond acceptors (Lipinski definition) is 2. The fourth-order valence-electron chi connectivity index (χ4n) is 2.49. The summed E-state index contributed by atoms with van der Waals surface area (Å²) in [6.07, 6.45) is 2.34. The van der Waals surface area contributed by atoms with Crippen molar-refractivity contribution in [2.75, 3.05) is 6.61 Å². The molecule has 1 N–H and O–H groups in total. The highest BCUT2D eigenvalue weighted by atomic mass is 16.5. The molecule has 68 valence electrons. The molecule has 0 aromatic carbocycles. The first-order valence-corrected chi connectivity index (χ1v) is 4.47. The Bertz CT molecular complexity index is 222. The zero-order chi connectivity index (χ0) is 8.98. The minimum absolute atomic E-state index is 0.0191. The minimum atomic E-state index is -0.385. The Labute approximate surface area is 73.2 Å². The fourth-order valence-corrected chi connectivity index (χ4v) is 2.49. The Morgan fingerprint density at radius 2 is 2.33 bits per heavy atom. The molecule has 2 nitrogen and oxygen atoms in total. The van der Waals surface area contributed by atoms with Gasteiger partial charge in [-0.05, 0) is 26.2 Å². The van der Waals surface area contributed by atoms with Crippen LogP contribution >= 0.6 is 0 Å². The third-order valence-electron chi connectivity index (χ3n) is 3.48. The maximum Gasteiger partial charge on any atom is 0.0800 e. The van der Waals surface area contributed by atoms with Gasteiger partial charge in [0.1, 0.15) is 0 Å². The molecule has 2 heteroatoms. The van der Waals surface area contributed by atoms with Gasteiger partial charge in [-0.15, -0.1) is 6.58 Å². The third-order valence-corrected chi connectivity index (χ3v) is 3.48. The van der Waals surface area contributed by atoms with Gasteiger partial charge in [0.25, 0.3) is 0 Å². The van der Waals surface area contributed by atoms with E-state index in [2.05, 4.69) is 20.4 Å². The molecule has 2 aliphatic rings. The third kappa shape index (κ3) is 0.824. The maximum atomic E-state index is 9.69. The van der Waals surface area contributed by atoms with E-state index in [1.165, 1.54) is 0 Å². The monoisotopic (exact) mass is 168 g/mol. The highest BCUT2D eigenvalue weighted by molar-refractivity contribution is 5.19. The van der Waals surface area contributed by atoms with Gasteiger partial charge < -0.3 is 9.84 Å². The SMILES string of the molecule is C=CC(O)C12COC(C)(C)C1C2. The van der Waals surface area contributed by atoms with Crippen molar-refractivity contribution in [3.63, 3.8) is 0 Å². The lowest BCUT2D eigenvalue weighted by molar-refractivity contribution is -0.00551. The number of aliphatic hydroxyl groups excluding tert-OH is 1. The van der Waals surface area contributed by atoms with E-state index >= 15 is 0 Å². The second-order valence-electron chi connectivity index (χ2n) is 4.56. The Balaban J connectivity index is 2.17. The van der Waals surface area contributed by atoms with Crippen LogP contribution in [0.3, 0.4) is 0 Å². The molecule has 0 aromatic rings. The molecule has 0 bridgehead atoms. The number of rotatable bonds is 2. The van der Waals surface area contributed by atoms with E-state index in [0.29, 0.717) is 12.5 Å². The number of ether oxygens (including phenoxy) is 1. The lowest BCUT2D eigenvalue weighted by Crippen LogP contribution is -2.23. The Morgan fingerprint density at radius 1 is 1.67 bits per heavy atom. The first-order valence-electron chi connectivity index (χ1n) is 4.47. The summed E-state index contributed by atoms with van der Waals surface area (Å²) in [5.74, 6) is 0.526. The number of fused-ring (bicyclic) bond motifs is 1. The van der Waals surface area contributed by atoms with Crippen LogP contribution in [0.2, 0.25) is 0 Å². The van der Waals surface area contributed by atoms with Gasteiger partial charge in [0, 0.05) is 5.41 Å². The summed E-state index contributed by atoms with van der Waals surface area (Å²) >= 11 is 0. The molecular formula is C10H16O2. The predicted molar refractivity (Wildman–Crippen MR) is 46.8 cm³/mol. The summed E-state index contributed by atoms with van der Waals surface area (Å²) in [6.45, 7) is 8.51. The summed E-state index contributed by atoms with van der Waals surface area (Å²) in [5.41, 5.74) is -0.0186. The molecule has 1 heterocycles. The zero-order valence-electron chi connectivity index (χ0n) is 7.71. The van der Waals surface area contributed by atoms with Crippen molar-refractivity contribution in [3.05, 3.63) is 12.7 Å². The quantitative estimate of drug-likeness (QED) is 0.631. The van der Waals surface area contributed by atoms with Crippen LogP contribution in [0, 0.1) is 11.3 Å². The van der Waals surface area contributed by atoms with Gasteiger partial charge >= 0.3 is 0 Å². The molecule has 3 unspecified atom stereocenters. The molecule has 0 amide bonds. The van der Waals surface area contributed by atoms with Gasteiger partial charge in [0.15, 0.2) is 0 Å².